The van der Waals surface area contributed by atoms with Crippen molar-refractivity contribution in [2.75, 3.05) is 6.61 Å². The zero-order valence-electron chi connectivity index (χ0n) is 20.2. The maximum Gasteiger partial charge on any atom is 0.341 e. The summed E-state index contributed by atoms with van der Waals surface area (Å²) in [4.78, 5) is 29.9. The molecule has 2 N–H and O–H groups in total. The van der Waals surface area contributed by atoms with Gasteiger partial charge in [-0.2, -0.15) is 0 Å². The van der Waals surface area contributed by atoms with Gasteiger partial charge in [0.2, 0.25) is 0 Å². The highest BCUT2D eigenvalue weighted by molar-refractivity contribution is 7.16. The molecule has 4 rings (SSSR count). The molecule has 0 spiro atoms. The molecule has 2 aromatic heterocycles. The van der Waals surface area contributed by atoms with Crippen LogP contribution in [0.4, 0.5) is 5.00 Å². The second kappa shape index (κ2) is 10.5. The molecule has 1 atom stereocenters. The summed E-state index contributed by atoms with van der Waals surface area (Å²) >= 11 is 1.60. The van der Waals surface area contributed by atoms with E-state index in [1.807, 2.05) is 6.07 Å². The summed E-state index contributed by atoms with van der Waals surface area (Å²) in [5.41, 5.74) is 2.80. The van der Waals surface area contributed by atoms with Crippen molar-refractivity contribution >= 4 is 34.4 Å². The first-order valence-electron chi connectivity index (χ1n) is 11.6. The number of fused-ring (bicyclic) bond motifs is 1. The van der Waals surface area contributed by atoms with Gasteiger partial charge < -0.3 is 19.6 Å². The van der Waals surface area contributed by atoms with Crippen LogP contribution in [0.3, 0.4) is 0 Å². The van der Waals surface area contributed by atoms with E-state index in [1.54, 1.807) is 54.1 Å². The van der Waals surface area contributed by atoms with E-state index >= 15 is 0 Å². The fraction of sp³-hybridized carbons (Fsp3) is 0.370. The van der Waals surface area contributed by atoms with E-state index < -0.39 is 5.97 Å². The molecule has 184 valence electrons. The third kappa shape index (κ3) is 6.19. The minimum atomic E-state index is -1.02. The van der Waals surface area contributed by atoms with Crippen LogP contribution in [0, 0.1) is 11.3 Å². The van der Waals surface area contributed by atoms with Gasteiger partial charge in [-0.25, -0.2) is 9.79 Å². The predicted molar refractivity (Wildman–Crippen MR) is 136 cm³/mol. The van der Waals surface area contributed by atoms with E-state index in [2.05, 4.69) is 26.1 Å². The highest BCUT2D eigenvalue weighted by atomic mass is 32.1. The smallest absolute Gasteiger partial charge is 0.341 e. The molecule has 0 saturated heterocycles. The van der Waals surface area contributed by atoms with Crippen LogP contribution >= 0.6 is 11.3 Å². The Morgan fingerprint density at radius 2 is 2.03 bits per heavy atom. The number of carboxylic acids is 1. The number of aliphatic imine (C=N–C) groups is 1. The molecule has 0 aliphatic heterocycles. The molecular formula is C27H30N2O5S. The lowest BCUT2D eigenvalue weighted by Gasteiger charge is -2.33. The molecule has 0 fully saturated rings. The lowest BCUT2D eigenvalue weighted by atomic mass is 9.72. The largest absolute Gasteiger partial charge is 0.482 e. The lowest BCUT2D eigenvalue weighted by molar-refractivity contribution is -0.139. The molecule has 0 radical (unpaired) electrons. The van der Waals surface area contributed by atoms with Crippen LogP contribution < -0.4 is 10.1 Å². The fourth-order valence-corrected chi connectivity index (χ4v) is 5.50. The number of carbonyl (C=O) groups is 2. The van der Waals surface area contributed by atoms with E-state index in [9.17, 15) is 9.59 Å². The number of hydrogen-bond donors (Lipinski definition) is 2. The quantitative estimate of drug-likeness (QED) is 0.395. The van der Waals surface area contributed by atoms with Gasteiger partial charge in [0.1, 0.15) is 16.5 Å². The Morgan fingerprint density at radius 3 is 2.69 bits per heavy atom. The third-order valence-electron chi connectivity index (χ3n) is 6.28. The van der Waals surface area contributed by atoms with Gasteiger partial charge in [-0.3, -0.25) is 4.79 Å². The summed E-state index contributed by atoms with van der Waals surface area (Å²) in [5, 5.41) is 12.4. The summed E-state index contributed by atoms with van der Waals surface area (Å²) in [7, 11) is 0. The van der Waals surface area contributed by atoms with Gasteiger partial charge in [0.05, 0.1) is 18.4 Å². The van der Waals surface area contributed by atoms with Crippen molar-refractivity contribution in [3.63, 3.8) is 0 Å². The number of furan rings is 1. The second-order valence-corrected chi connectivity index (χ2v) is 10.8. The number of benzene rings is 1. The van der Waals surface area contributed by atoms with Crippen molar-refractivity contribution in [1.82, 2.24) is 5.32 Å². The Morgan fingerprint density at radius 1 is 1.26 bits per heavy atom. The van der Waals surface area contributed by atoms with Gasteiger partial charge in [0.25, 0.3) is 5.91 Å². The minimum Gasteiger partial charge on any atom is -0.482 e. The molecule has 7 nitrogen and oxygen atoms in total. The highest BCUT2D eigenvalue weighted by Crippen LogP contribution is 2.45. The minimum absolute atomic E-state index is 0.141. The Hall–Kier alpha value is -3.39. The standard InChI is InChI=1S/C27H30N2O5S/c1-27(2,3)18-8-11-21-22(13-18)35-26(24(21)25(32)28-15-20-5-4-12-33-20)29-14-17-6-9-19(10-7-17)34-16-23(30)31/h4-7,9-10,12,14,18H,8,11,13,15-16H2,1-3H3,(H,28,32)(H,30,31)/t18-/m1/s1. The van der Waals surface area contributed by atoms with Gasteiger partial charge >= 0.3 is 5.97 Å². The van der Waals surface area contributed by atoms with Crippen LogP contribution in [0.15, 0.2) is 52.1 Å². The Bertz CT molecular complexity index is 1200. The zero-order valence-corrected chi connectivity index (χ0v) is 21.0. The number of thiophene rings is 1. The highest BCUT2D eigenvalue weighted by Gasteiger charge is 2.33. The first kappa shape index (κ1) is 24.7. The van der Waals surface area contributed by atoms with Crippen molar-refractivity contribution in [2.24, 2.45) is 16.3 Å². The average Bonchev–Trinajstić information content (AvgIpc) is 3.47. The van der Waals surface area contributed by atoms with Crippen LogP contribution in [-0.4, -0.2) is 29.8 Å². The summed E-state index contributed by atoms with van der Waals surface area (Å²) < 4.78 is 10.5. The molecule has 3 aromatic rings. The Balaban J connectivity index is 1.58. The molecule has 1 aromatic carbocycles. The molecule has 2 heterocycles. The third-order valence-corrected chi connectivity index (χ3v) is 7.44. The number of nitrogens with one attached hydrogen (secondary N) is 1. The van der Waals surface area contributed by atoms with E-state index in [0.717, 1.165) is 30.4 Å². The number of hydrogen-bond acceptors (Lipinski definition) is 6. The normalized spacial score (nSPS) is 15.7. The second-order valence-electron chi connectivity index (χ2n) is 9.76. The van der Waals surface area contributed by atoms with E-state index in [4.69, 9.17) is 19.3 Å². The SMILES string of the molecule is CC(C)(C)[C@@H]1CCc2c(sc(N=Cc3ccc(OCC(=O)O)cc3)c2C(=O)NCc2ccco2)C1. The van der Waals surface area contributed by atoms with E-state index in [1.165, 1.54) is 4.88 Å². The number of aliphatic carboxylic acids is 1. The van der Waals surface area contributed by atoms with Gasteiger partial charge in [0, 0.05) is 11.1 Å². The summed E-state index contributed by atoms with van der Waals surface area (Å²) in [6.07, 6.45) is 6.18. The number of carbonyl (C=O) groups excluding carboxylic acids is 1. The lowest BCUT2D eigenvalue weighted by Crippen LogP contribution is -2.28. The first-order valence-corrected chi connectivity index (χ1v) is 12.5. The van der Waals surface area contributed by atoms with Crippen molar-refractivity contribution in [3.8, 4) is 5.75 Å². The summed E-state index contributed by atoms with van der Waals surface area (Å²) in [5.74, 6) is 0.567. The molecule has 0 saturated carbocycles. The molecule has 8 heteroatoms. The topological polar surface area (TPSA) is 101 Å². The summed E-state index contributed by atoms with van der Waals surface area (Å²) in [6, 6.07) is 10.7. The molecule has 0 unspecified atom stereocenters. The van der Waals surface area contributed by atoms with Crippen LogP contribution in [0.5, 0.6) is 5.75 Å². The average molecular weight is 495 g/mol. The molecule has 1 aliphatic rings. The van der Waals surface area contributed by atoms with E-state index in [0.29, 0.717) is 34.5 Å². The molecule has 1 amide bonds. The number of amides is 1. The van der Waals surface area contributed by atoms with Crippen molar-refractivity contribution in [1.29, 1.82) is 0 Å². The van der Waals surface area contributed by atoms with E-state index in [-0.39, 0.29) is 17.9 Å². The number of carboxylic acid groups (broad SMARTS) is 1. The number of ether oxygens (including phenoxy) is 1. The number of rotatable bonds is 8. The number of nitrogens with zero attached hydrogens (tertiary/aromatic N) is 1. The molecule has 35 heavy (non-hydrogen) atoms. The van der Waals surface area contributed by atoms with Gasteiger partial charge in [-0.1, -0.05) is 20.8 Å². The zero-order chi connectivity index (χ0) is 25.0. The van der Waals surface area contributed by atoms with Crippen LogP contribution in [0.25, 0.3) is 0 Å². The Labute approximate surface area is 208 Å². The fourth-order valence-electron chi connectivity index (χ4n) is 4.23. The van der Waals surface area contributed by atoms with Gasteiger partial charge in [-0.15, -0.1) is 11.3 Å². The molecular weight excluding hydrogens is 464 g/mol. The van der Waals surface area contributed by atoms with Crippen LogP contribution in [0.1, 0.15) is 59.3 Å². The predicted octanol–water partition coefficient (Wildman–Crippen LogP) is 5.64. The van der Waals surface area contributed by atoms with Crippen LogP contribution in [-0.2, 0) is 24.2 Å². The van der Waals surface area contributed by atoms with Gasteiger partial charge in [0.15, 0.2) is 6.61 Å². The maximum absolute atomic E-state index is 13.3. The van der Waals surface area contributed by atoms with Crippen molar-refractivity contribution in [3.05, 3.63) is 70.0 Å². The van der Waals surface area contributed by atoms with Crippen molar-refractivity contribution in [2.45, 2.75) is 46.6 Å². The van der Waals surface area contributed by atoms with Crippen molar-refractivity contribution < 1.29 is 23.8 Å². The van der Waals surface area contributed by atoms with Crippen LogP contribution in [0.2, 0.25) is 0 Å². The monoisotopic (exact) mass is 494 g/mol. The van der Waals surface area contributed by atoms with Gasteiger partial charge in [-0.05, 0) is 78.1 Å². The Kier molecular flexibility index (Phi) is 7.40. The maximum atomic E-state index is 13.3. The first-order chi connectivity index (χ1) is 16.7. The molecule has 0 bridgehead atoms. The molecule has 1 aliphatic carbocycles. The summed E-state index contributed by atoms with van der Waals surface area (Å²) in [6.45, 7) is 6.75.